The normalized spacial score (nSPS) is 24.1. The van der Waals surface area contributed by atoms with Crippen LogP contribution in [0.25, 0.3) is 6.08 Å². The third-order valence-electron chi connectivity index (χ3n) is 7.36. The molecule has 0 aromatic heterocycles. The lowest BCUT2D eigenvalue weighted by molar-refractivity contribution is -0.118. The second-order valence-corrected chi connectivity index (χ2v) is 9.36. The van der Waals surface area contributed by atoms with Crippen LogP contribution < -0.4 is 4.90 Å². The van der Waals surface area contributed by atoms with Gasteiger partial charge in [-0.15, -0.1) is 0 Å². The first-order valence-electron chi connectivity index (χ1n) is 11.0. The van der Waals surface area contributed by atoms with Crippen molar-refractivity contribution in [2.75, 3.05) is 4.90 Å². The third kappa shape index (κ3) is 2.50. The molecular weight excluding hydrogens is 434 g/mol. The molecule has 0 saturated carbocycles. The van der Waals surface area contributed by atoms with E-state index in [2.05, 4.69) is 0 Å². The summed E-state index contributed by atoms with van der Waals surface area (Å²) < 4.78 is 0. The highest BCUT2D eigenvalue weighted by molar-refractivity contribution is 6.32. The molecule has 162 valence electrons. The number of Topliss-reactive ketones (excluding diaryl/α,β-unsaturated/α-hetero) is 3. The van der Waals surface area contributed by atoms with Crippen molar-refractivity contribution >= 4 is 40.7 Å². The van der Waals surface area contributed by atoms with Crippen LogP contribution in [-0.4, -0.2) is 29.4 Å². The quantitative estimate of drug-likeness (QED) is 0.490. The standard InChI is InChI=1S/C28H20ClNO3/c1-16(31)25-24(18-10-13-19(29)14-11-18)28(26(32)20-7-3-4-8-21(20)27(28)33)23-15-12-17-6-2-5-9-22(17)30(23)25/h2-15,23-25H,1H3/t23-,24+,25-/m1/s1. The predicted molar refractivity (Wildman–Crippen MR) is 128 cm³/mol. The first-order valence-corrected chi connectivity index (χ1v) is 11.3. The summed E-state index contributed by atoms with van der Waals surface area (Å²) in [6.45, 7) is 1.54. The van der Waals surface area contributed by atoms with E-state index in [0.717, 1.165) is 16.8 Å². The highest BCUT2D eigenvalue weighted by Gasteiger charge is 2.71. The van der Waals surface area contributed by atoms with E-state index >= 15 is 0 Å². The maximum atomic E-state index is 14.2. The average molecular weight is 454 g/mol. The molecule has 3 aliphatic rings. The zero-order valence-electron chi connectivity index (χ0n) is 17.9. The Bertz CT molecular complexity index is 1340. The predicted octanol–water partition coefficient (Wildman–Crippen LogP) is 5.36. The number of para-hydroxylation sites is 1. The van der Waals surface area contributed by atoms with Crippen LogP contribution in [0.15, 0.2) is 78.9 Å². The minimum Gasteiger partial charge on any atom is -0.352 e. The van der Waals surface area contributed by atoms with Gasteiger partial charge in [-0.3, -0.25) is 14.4 Å². The van der Waals surface area contributed by atoms with Gasteiger partial charge in [0.05, 0.1) is 12.1 Å². The molecule has 0 N–H and O–H groups in total. The molecule has 3 aromatic rings. The number of ketones is 3. The van der Waals surface area contributed by atoms with Crippen LogP contribution in [0, 0.1) is 5.41 Å². The van der Waals surface area contributed by atoms with Gasteiger partial charge in [-0.2, -0.15) is 0 Å². The first kappa shape index (κ1) is 20.1. The smallest absolute Gasteiger partial charge is 0.180 e. The molecule has 3 atom stereocenters. The molecule has 0 amide bonds. The number of halogens is 1. The second kappa shape index (κ2) is 7.00. The zero-order chi connectivity index (χ0) is 22.9. The van der Waals surface area contributed by atoms with Gasteiger partial charge in [-0.1, -0.05) is 78.4 Å². The molecule has 1 fully saturated rings. The Balaban J connectivity index is 1.68. The Labute approximate surface area is 196 Å². The Morgan fingerprint density at radius 3 is 2.12 bits per heavy atom. The Hall–Kier alpha value is -3.50. The zero-order valence-corrected chi connectivity index (χ0v) is 18.6. The van der Waals surface area contributed by atoms with Crippen molar-refractivity contribution in [3.05, 3.63) is 106 Å². The molecule has 0 unspecified atom stereocenters. The summed E-state index contributed by atoms with van der Waals surface area (Å²) in [5.74, 6) is -1.17. The SMILES string of the molecule is CC(=O)[C@@H]1[C@H](c2ccc(Cl)cc2)C2(C(=O)c3ccccc3C2=O)[C@H]2C=Cc3ccccc3N12. The molecular formula is C28H20ClNO3. The number of nitrogens with zero attached hydrogens (tertiary/aromatic N) is 1. The summed E-state index contributed by atoms with van der Waals surface area (Å²) in [5, 5.41) is 0.556. The van der Waals surface area contributed by atoms with E-state index in [0.29, 0.717) is 16.1 Å². The van der Waals surface area contributed by atoms with Crippen molar-refractivity contribution < 1.29 is 14.4 Å². The van der Waals surface area contributed by atoms with Crippen molar-refractivity contribution in [3.8, 4) is 0 Å². The summed E-state index contributed by atoms with van der Waals surface area (Å²) in [7, 11) is 0. The van der Waals surface area contributed by atoms with Crippen molar-refractivity contribution in [2.45, 2.75) is 24.9 Å². The van der Waals surface area contributed by atoms with E-state index in [1.54, 1.807) is 43.3 Å². The first-order chi connectivity index (χ1) is 16.0. The topological polar surface area (TPSA) is 54.5 Å². The molecule has 2 aliphatic heterocycles. The second-order valence-electron chi connectivity index (χ2n) is 8.93. The van der Waals surface area contributed by atoms with E-state index in [4.69, 9.17) is 11.6 Å². The van der Waals surface area contributed by atoms with Gasteiger partial charge in [0.2, 0.25) is 0 Å². The summed E-state index contributed by atoms with van der Waals surface area (Å²) >= 11 is 6.17. The number of hydrogen-bond donors (Lipinski definition) is 0. The van der Waals surface area contributed by atoms with Crippen molar-refractivity contribution in [1.82, 2.24) is 0 Å². The van der Waals surface area contributed by atoms with Gasteiger partial charge in [0.15, 0.2) is 17.3 Å². The Morgan fingerprint density at radius 2 is 1.48 bits per heavy atom. The fraction of sp³-hybridized carbons (Fsp3) is 0.179. The largest absolute Gasteiger partial charge is 0.352 e. The van der Waals surface area contributed by atoms with Gasteiger partial charge in [-0.05, 0) is 36.2 Å². The van der Waals surface area contributed by atoms with Crippen LogP contribution in [0.4, 0.5) is 5.69 Å². The summed E-state index contributed by atoms with van der Waals surface area (Å²) in [4.78, 5) is 43.7. The monoisotopic (exact) mass is 453 g/mol. The third-order valence-corrected chi connectivity index (χ3v) is 7.61. The van der Waals surface area contributed by atoms with Gasteiger partial charge in [0.25, 0.3) is 0 Å². The summed E-state index contributed by atoms with van der Waals surface area (Å²) in [6.07, 6.45) is 3.89. The maximum Gasteiger partial charge on any atom is 0.180 e. The van der Waals surface area contributed by atoms with Gasteiger partial charge >= 0.3 is 0 Å². The number of benzene rings is 3. The van der Waals surface area contributed by atoms with Gasteiger partial charge in [0.1, 0.15) is 5.41 Å². The number of anilines is 1. The molecule has 1 saturated heterocycles. The summed E-state index contributed by atoms with van der Waals surface area (Å²) in [5.41, 5.74) is 2.00. The van der Waals surface area contributed by atoms with E-state index in [-0.39, 0.29) is 17.3 Å². The molecule has 3 aromatic carbocycles. The van der Waals surface area contributed by atoms with Crippen LogP contribution in [0.3, 0.4) is 0 Å². The van der Waals surface area contributed by atoms with Gasteiger partial charge < -0.3 is 4.90 Å². The fourth-order valence-electron chi connectivity index (χ4n) is 6.11. The lowest BCUT2D eigenvalue weighted by atomic mass is 9.64. The molecule has 1 aliphatic carbocycles. The lowest BCUT2D eigenvalue weighted by Gasteiger charge is -2.37. The minimum atomic E-state index is -1.43. The Morgan fingerprint density at radius 1 is 0.879 bits per heavy atom. The van der Waals surface area contributed by atoms with Gasteiger partial charge in [0, 0.05) is 27.8 Å². The maximum absolute atomic E-state index is 14.2. The molecule has 1 spiro atoms. The Kier molecular flexibility index (Phi) is 4.27. The molecule has 0 bridgehead atoms. The number of carbonyl (C=O) groups is 3. The van der Waals surface area contributed by atoms with Crippen LogP contribution in [-0.2, 0) is 4.79 Å². The van der Waals surface area contributed by atoms with Crippen molar-refractivity contribution in [1.29, 1.82) is 0 Å². The van der Waals surface area contributed by atoms with Crippen LogP contribution >= 0.6 is 11.6 Å². The van der Waals surface area contributed by atoms with Gasteiger partial charge in [-0.25, -0.2) is 0 Å². The van der Waals surface area contributed by atoms with Crippen molar-refractivity contribution in [2.24, 2.45) is 5.41 Å². The van der Waals surface area contributed by atoms with E-state index in [1.807, 2.05) is 53.5 Å². The van der Waals surface area contributed by atoms with Crippen molar-refractivity contribution in [3.63, 3.8) is 0 Å². The molecule has 6 rings (SSSR count). The molecule has 2 heterocycles. The highest BCUT2D eigenvalue weighted by atomic mass is 35.5. The molecule has 4 nitrogen and oxygen atoms in total. The van der Waals surface area contributed by atoms with Crippen LogP contribution in [0.2, 0.25) is 5.02 Å². The van der Waals surface area contributed by atoms with Crippen LogP contribution in [0.1, 0.15) is 44.7 Å². The van der Waals surface area contributed by atoms with E-state index < -0.39 is 23.4 Å². The number of rotatable bonds is 2. The highest BCUT2D eigenvalue weighted by Crippen LogP contribution is 2.60. The number of carbonyl (C=O) groups excluding carboxylic acids is 3. The fourth-order valence-corrected chi connectivity index (χ4v) is 6.24. The number of fused-ring (bicyclic) bond motifs is 5. The molecule has 5 heteroatoms. The van der Waals surface area contributed by atoms with E-state index in [1.165, 1.54) is 0 Å². The lowest BCUT2D eigenvalue weighted by Crippen LogP contribution is -2.48. The minimum absolute atomic E-state index is 0.0847. The van der Waals surface area contributed by atoms with Crippen LogP contribution in [0.5, 0.6) is 0 Å². The molecule has 0 radical (unpaired) electrons. The van der Waals surface area contributed by atoms with E-state index in [9.17, 15) is 14.4 Å². The summed E-state index contributed by atoms with van der Waals surface area (Å²) in [6, 6.07) is 20.7. The average Bonchev–Trinajstić information content (AvgIpc) is 3.27. The number of hydrogen-bond acceptors (Lipinski definition) is 4. The molecule has 33 heavy (non-hydrogen) atoms.